The molecule has 1 aromatic carbocycles. The lowest BCUT2D eigenvalue weighted by Crippen LogP contribution is -2.50. The topological polar surface area (TPSA) is 68.2 Å². The maximum atomic E-state index is 11.9. The van der Waals surface area contributed by atoms with Crippen molar-refractivity contribution in [3.8, 4) is 0 Å². The second kappa shape index (κ2) is 10.2. The highest BCUT2D eigenvalue weighted by Gasteiger charge is 2.28. The first-order valence-corrected chi connectivity index (χ1v) is 8.12. The van der Waals surface area contributed by atoms with Crippen LogP contribution in [0.1, 0.15) is 12.0 Å². The van der Waals surface area contributed by atoms with E-state index in [1.165, 1.54) is 0 Å². The Balaban J connectivity index is 1.72. The summed E-state index contributed by atoms with van der Waals surface area (Å²) in [5.41, 5.74) is 0.968. The van der Waals surface area contributed by atoms with Gasteiger partial charge in [-0.2, -0.15) is 0 Å². The van der Waals surface area contributed by atoms with Gasteiger partial charge in [-0.1, -0.05) is 36.4 Å². The predicted octanol–water partition coefficient (Wildman–Crippen LogP) is 1.34. The van der Waals surface area contributed by atoms with E-state index in [9.17, 15) is 9.90 Å². The van der Waals surface area contributed by atoms with Crippen LogP contribution in [0.15, 0.2) is 43.0 Å². The Hall–Kier alpha value is -1.73. The van der Waals surface area contributed by atoms with Crippen molar-refractivity contribution < 1.29 is 24.1 Å². The minimum atomic E-state index is -0.422. The highest BCUT2D eigenvalue weighted by Crippen LogP contribution is 2.13. The van der Waals surface area contributed by atoms with Crippen LogP contribution in [-0.4, -0.2) is 61.2 Å². The molecule has 1 aromatic rings. The lowest BCUT2D eigenvalue weighted by molar-refractivity contribution is -0.213. The number of benzene rings is 1. The third-order valence-electron chi connectivity index (χ3n) is 3.69. The second-order valence-corrected chi connectivity index (χ2v) is 5.65. The van der Waals surface area contributed by atoms with Crippen LogP contribution in [-0.2, 0) is 25.6 Å². The number of ether oxygens (including phenoxy) is 3. The van der Waals surface area contributed by atoms with Crippen LogP contribution in [0.2, 0.25) is 0 Å². The van der Waals surface area contributed by atoms with Gasteiger partial charge in [0.2, 0.25) is 0 Å². The Morgan fingerprint density at radius 3 is 2.88 bits per heavy atom. The monoisotopic (exact) mass is 335 g/mol. The molecule has 1 fully saturated rings. The quantitative estimate of drug-likeness (QED) is 0.543. The number of morpholine rings is 1. The molecule has 0 spiro atoms. The molecule has 6 heteroatoms. The van der Waals surface area contributed by atoms with Gasteiger partial charge in [-0.25, -0.2) is 0 Å². The molecule has 0 saturated carbocycles. The predicted molar refractivity (Wildman–Crippen MR) is 89.2 cm³/mol. The molecule has 1 heterocycles. The minimum absolute atomic E-state index is 0.0805. The van der Waals surface area contributed by atoms with E-state index < -0.39 is 6.29 Å². The van der Waals surface area contributed by atoms with Gasteiger partial charge in [0.05, 0.1) is 25.7 Å². The fourth-order valence-corrected chi connectivity index (χ4v) is 2.48. The van der Waals surface area contributed by atoms with Crippen LogP contribution < -0.4 is 0 Å². The van der Waals surface area contributed by atoms with Crippen LogP contribution in [0.25, 0.3) is 0 Å². The van der Waals surface area contributed by atoms with Crippen molar-refractivity contribution in [1.82, 2.24) is 4.90 Å². The minimum Gasteiger partial charge on any atom is -0.461 e. The molecule has 1 N–H and O–H groups in total. The fourth-order valence-electron chi connectivity index (χ4n) is 2.48. The van der Waals surface area contributed by atoms with E-state index in [2.05, 4.69) is 6.58 Å². The van der Waals surface area contributed by atoms with Crippen LogP contribution in [0, 0.1) is 0 Å². The SMILES string of the molecule is C=CCO[C@@H]1CN(CCC(=O)OCc2ccccc2)C[C@@H](CO)O1. The van der Waals surface area contributed by atoms with E-state index in [0.29, 0.717) is 32.7 Å². The average molecular weight is 335 g/mol. The summed E-state index contributed by atoms with van der Waals surface area (Å²) in [5, 5.41) is 9.32. The van der Waals surface area contributed by atoms with Gasteiger partial charge in [-0.05, 0) is 5.56 Å². The maximum absolute atomic E-state index is 11.9. The summed E-state index contributed by atoms with van der Waals surface area (Å²) in [6.45, 7) is 5.85. The zero-order valence-corrected chi connectivity index (χ0v) is 13.8. The van der Waals surface area contributed by atoms with Crippen molar-refractivity contribution in [1.29, 1.82) is 0 Å². The van der Waals surface area contributed by atoms with Crippen molar-refractivity contribution in [3.63, 3.8) is 0 Å². The number of aliphatic hydroxyl groups is 1. The van der Waals surface area contributed by atoms with E-state index >= 15 is 0 Å². The fraction of sp³-hybridized carbons (Fsp3) is 0.500. The Kier molecular flexibility index (Phi) is 7.91. The Morgan fingerprint density at radius 2 is 2.17 bits per heavy atom. The standard InChI is InChI=1S/C18H25NO5/c1-2-10-22-18-12-19(11-16(13-20)24-18)9-8-17(21)23-14-15-6-4-3-5-7-15/h2-7,16,18,20H,1,8-14H2/t16-,18-/m0/s1. The molecule has 1 saturated heterocycles. The molecule has 2 atom stereocenters. The van der Waals surface area contributed by atoms with Gasteiger partial charge in [-0.15, -0.1) is 6.58 Å². The van der Waals surface area contributed by atoms with Crippen LogP contribution in [0.5, 0.6) is 0 Å². The largest absolute Gasteiger partial charge is 0.461 e. The first kappa shape index (κ1) is 18.6. The number of aliphatic hydroxyl groups excluding tert-OH is 1. The summed E-state index contributed by atoms with van der Waals surface area (Å²) in [6, 6.07) is 9.59. The molecule has 0 unspecified atom stereocenters. The maximum Gasteiger partial charge on any atom is 0.307 e. The van der Waals surface area contributed by atoms with Gasteiger partial charge in [0.15, 0.2) is 6.29 Å². The number of esters is 1. The number of nitrogens with zero attached hydrogens (tertiary/aromatic N) is 1. The first-order chi connectivity index (χ1) is 11.7. The zero-order valence-electron chi connectivity index (χ0n) is 13.8. The Morgan fingerprint density at radius 1 is 1.38 bits per heavy atom. The van der Waals surface area contributed by atoms with Gasteiger partial charge in [0.1, 0.15) is 6.61 Å². The van der Waals surface area contributed by atoms with Gasteiger partial charge >= 0.3 is 5.97 Å². The lowest BCUT2D eigenvalue weighted by Gasteiger charge is -2.36. The van der Waals surface area contributed by atoms with Crippen molar-refractivity contribution in [3.05, 3.63) is 48.6 Å². The molecule has 0 amide bonds. The van der Waals surface area contributed by atoms with Crippen molar-refractivity contribution in [2.75, 3.05) is 32.8 Å². The van der Waals surface area contributed by atoms with E-state index in [4.69, 9.17) is 14.2 Å². The van der Waals surface area contributed by atoms with Crippen molar-refractivity contribution >= 4 is 5.97 Å². The molecule has 0 aromatic heterocycles. The molecular weight excluding hydrogens is 310 g/mol. The number of hydrogen-bond donors (Lipinski definition) is 1. The molecule has 24 heavy (non-hydrogen) atoms. The number of hydrogen-bond acceptors (Lipinski definition) is 6. The first-order valence-electron chi connectivity index (χ1n) is 8.12. The zero-order chi connectivity index (χ0) is 17.2. The summed E-state index contributed by atoms with van der Waals surface area (Å²) in [6.07, 6.45) is 1.21. The third-order valence-corrected chi connectivity index (χ3v) is 3.69. The summed E-state index contributed by atoms with van der Waals surface area (Å²) < 4.78 is 16.4. The average Bonchev–Trinajstić information content (AvgIpc) is 2.63. The molecule has 1 aliphatic rings. The van der Waals surface area contributed by atoms with E-state index in [0.717, 1.165) is 5.56 Å². The molecule has 132 valence electrons. The number of carbonyl (C=O) groups excluding carboxylic acids is 1. The van der Waals surface area contributed by atoms with Crippen molar-refractivity contribution in [2.45, 2.75) is 25.4 Å². The van der Waals surface area contributed by atoms with Crippen LogP contribution >= 0.6 is 0 Å². The van der Waals surface area contributed by atoms with Gasteiger partial charge in [-0.3, -0.25) is 9.69 Å². The summed E-state index contributed by atoms with van der Waals surface area (Å²) in [5.74, 6) is -0.241. The molecule has 2 rings (SSSR count). The van der Waals surface area contributed by atoms with Crippen LogP contribution in [0.4, 0.5) is 0 Å². The van der Waals surface area contributed by atoms with Crippen LogP contribution in [0.3, 0.4) is 0 Å². The lowest BCUT2D eigenvalue weighted by atomic mass is 10.2. The third kappa shape index (κ3) is 6.41. The Labute approximate surface area is 142 Å². The normalized spacial score (nSPS) is 21.4. The smallest absolute Gasteiger partial charge is 0.307 e. The van der Waals surface area contributed by atoms with E-state index in [1.54, 1.807) is 6.08 Å². The molecule has 0 bridgehead atoms. The highest BCUT2D eigenvalue weighted by atomic mass is 16.7. The van der Waals surface area contributed by atoms with E-state index in [1.807, 2.05) is 35.2 Å². The van der Waals surface area contributed by atoms with Gasteiger partial charge in [0, 0.05) is 19.6 Å². The van der Waals surface area contributed by atoms with E-state index in [-0.39, 0.29) is 25.3 Å². The number of carbonyl (C=O) groups is 1. The summed E-state index contributed by atoms with van der Waals surface area (Å²) in [4.78, 5) is 13.9. The molecule has 6 nitrogen and oxygen atoms in total. The number of rotatable bonds is 9. The van der Waals surface area contributed by atoms with Gasteiger partial charge < -0.3 is 19.3 Å². The molecular formula is C18H25NO5. The summed E-state index contributed by atoms with van der Waals surface area (Å²) >= 11 is 0. The summed E-state index contributed by atoms with van der Waals surface area (Å²) in [7, 11) is 0. The highest BCUT2D eigenvalue weighted by molar-refractivity contribution is 5.69. The van der Waals surface area contributed by atoms with Gasteiger partial charge in [0.25, 0.3) is 0 Å². The molecule has 0 aliphatic carbocycles. The second-order valence-electron chi connectivity index (χ2n) is 5.65. The molecule has 1 aliphatic heterocycles. The molecule has 0 radical (unpaired) electrons. The van der Waals surface area contributed by atoms with Crippen molar-refractivity contribution in [2.24, 2.45) is 0 Å². The Bertz CT molecular complexity index is 507.